The van der Waals surface area contributed by atoms with Gasteiger partial charge in [0.15, 0.2) is 0 Å². The van der Waals surface area contributed by atoms with Crippen LogP contribution in [0.3, 0.4) is 0 Å². The lowest BCUT2D eigenvalue weighted by molar-refractivity contribution is -0.591. The van der Waals surface area contributed by atoms with Crippen LogP contribution in [0.1, 0.15) is 13.8 Å². The third-order valence-corrected chi connectivity index (χ3v) is 1.79. The maximum Gasteiger partial charge on any atom is 0.330 e. The zero-order valence-electron chi connectivity index (χ0n) is 6.39. The number of rotatable bonds is 0. The van der Waals surface area contributed by atoms with Crippen LogP contribution >= 0.6 is 0 Å². The summed E-state index contributed by atoms with van der Waals surface area (Å²) in [6.45, 7) is 3.00. The van der Waals surface area contributed by atoms with Crippen LogP contribution < -0.4 is 0 Å². The molecular weight excluding hydrogens is 148 g/mol. The van der Waals surface area contributed by atoms with Crippen LogP contribution in [0.15, 0.2) is 12.4 Å². The first-order valence-corrected chi connectivity index (χ1v) is 3.24. The highest BCUT2D eigenvalue weighted by atomic mass is 16.5. The molecule has 5 heteroatoms. The summed E-state index contributed by atoms with van der Waals surface area (Å²) < 4.78 is 0.356. The maximum absolute atomic E-state index is 11.0. The fourth-order valence-electron chi connectivity index (χ4n) is 0.825. The van der Waals surface area contributed by atoms with Gasteiger partial charge in [-0.15, -0.1) is 0 Å². The average molecular weight is 158 g/mol. The van der Waals surface area contributed by atoms with Gasteiger partial charge in [0.25, 0.3) is 0 Å². The van der Waals surface area contributed by atoms with Gasteiger partial charge in [-0.3, -0.25) is 0 Å². The Hall–Kier alpha value is -0.940. The molecule has 0 aliphatic carbocycles. The summed E-state index contributed by atoms with van der Waals surface area (Å²) in [5, 5.41) is 20.7. The standard InChI is InChI=1S/C6H10N2O3/c1-6(2)5(9)7(10)3-4-8(6)11/h3-5,9H,1-2H3/t5-/m0/s1. The van der Waals surface area contributed by atoms with E-state index in [1.165, 1.54) is 13.8 Å². The molecule has 62 valence electrons. The normalized spacial score (nSPS) is 29.3. The lowest BCUT2D eigenvalue weighted by atomic mass is 10.0. The highest BCUT2D eigenvalue weighted by Gasteiger charge is 2.42. The van der Waals surface area contributed by atoms with E-state index in [0.717, 1.165) is 12.4 Å². The minimum atomic E-state index is -1.30. The van der Waals surface area contributed by atoms with Crippen LogP contribution in [0.25, 0.3) is 0 Å². The number of nitrogens with zero attached hydrogens (tertiary/aromatic N) is 2. The number of hydrogen-bond acceptors (Lipinski definition) is 4. The zero-order chi connectivity index (χ0) is 8.65. The van der Waals surface area contributed by atoms with Gasteiger partial charge in [-0.2, -0.15) is 0 Å². The molecule has 0 aromatic carbocycles. The molecule has 0 spiro atoms. The second-order valence-electron chi connectivity index (χ2n) is 3.01. The van der Waals surface area contributed by atoms with Crippen LogP contribution in [0.4, 0.5) is 0 Å². The predicted octanol–water partition coefficient (Wildman–Crippen LogP) is 0.147. The van der Waals surface area contributed by atoms with Crippen molar-refractivity contribution < 1.29 is 9.87 Å². The molecule has 0 unspecified atom stereocenters. The first kappa shape index (κ1) is 8.16. The van der Waals surface area contributed by atoms with Gasteiger partial charge in [0.2, 0.25) is 6.20 Å². The smallest absolute Gasteiger partial charge is 0.330 e. The van der Waals surface area contributed by atoms with Gasteiger partial charge in [0.05, 0.1) is 11.0 Å². The zero-order valence-corrected chi connectivity index (χ0v) is 6.39. The quantitative estimate of drug-likeness (QED) is 0.509. The van der Waals surface area contributed by atoms with E-state index >= 15 is 0 Å². The van der Waals surface area contributed by atoms with Crippen molar-refractivity contribution in [2.24, 2.45) is 0 Å². The Labute approximate surface area is 64.1 Å². The number of hydrogen-bond donors (Lipinski definition) is 1. The lowest BCUT2D eigenvalue weighted by Crippen LogP contribution is -2.53. The minimum absolute atomic E-state index is 0.356. The average Bonchev–Trinajstić information content (AvgIpc) is 1.95. The maximum atomic E-state index is 11.0. The Kier molecular flexibility index (Phi) is 1.69. The molecule has 1 aliphatic rings. The van der Waals surface area contributed by atoms with Gasteiger partial charge in [0, 0.05) is 4.91 Å². The molecular formula is C6H10N2O3. The van der Waals surface area contributed by atoms with E-state index in [1.54, 1.807) is 0 Å². The van der Waals surface area contributed by atoms with E-state index in [9.17, 15) is 15.2 Å². The van der Waals surface area contributed by atoms with Crippen LogP contribution in [-0.4, -0.2) is 26.7 Å². The molecule has 0 saturated heterocycles. The van der Waals surface area contributed by atoms with Crippen LogP contribution in [-0.2, 0) is 0 Å². The topological polar surface area (TPSA) is 66.6 Å². The fourth-order valence-corrected chi connectivity index (χ4v) is 0.825. The molecule has 1 aliphatic heterocycles. The first-order valence-electron chi connectivity index (χ1n) is 3.24. The summed E-state index contributed by atoms with van der Waals surface area (Å²) in [6.07, 6.45) is 0.799. The second kappa shape index (κ2) is 2.28. The number of nitroso groups, excluding NO2 is 1. The number of aliphatic hydroxyl groups excluding tert-OH is 1. The molecule has 11 heavy (non-hydrogen) atoms. The molecule has 0 radical (unpaired) electrons. The molecule has 0 bridgehead atoms. The first-order chi connectivity index (χ1) is 4.96. The fraction of sp³-hybridized carbons (Fsp3) is 0.667. The van der Waals surface area contributed by atoms with Gasteiger partial charge in [-0.05, 0) is 13.8 Å². The van der Waals surface area contributed by atoms with Gasteiger partial charge in [-0.25, -0.2) is 0 Å². The second-order valence-corrected chi connectivity index (χ2v) is 3.01. The Morgan fingerprint density at radius 2 is 2.27 bits per heavy atom. The van der Waals surface area contributed by atoms with E-state index in [1.807, 2.05) is 0 Å². The molecule has 1 N–H and O–H groups in total. The molecule has 0 amide bonds. The lowest BCUT2D eigenvalue weighted by Gasteiger charge is -2.42. The summed E-state index contributed by atoms with van der Waals surface area (Å²) in [5.41, 5.74) is -1.07. The van der Waals surface area contributed by atoms with E-state index in [4.69, 9.17) is 0 Å². The Balaban J connectivity index is 2.97. The summed E-state index contributed by atoms with van der Waals surface area (Å²) in [5.74, 6) is 0. The summed E-state index contributed by atoms with van der Waals surface area (Å²) in [6, 6.07) is 0. The summed E-state index contributed by atoms with van der Waals surface area (Å²) in [4.78, 5) is 10.8. The molecule has 0 aromatic heterocycles. The Morgan fingerprint density at radius 3 is 2.73 bits per heavy atom. The van der Waals surface area contributed by atoms with Gasteiger partial charge in [-0.1, -0.05) is 0 Å². The van der Waals surface area contributed by atoms with Gasteiger partial charge >= 0.3 is 6.23 Å². The van der Waals surface area contributed by atoms with Crippen LogP contribution in [0.2, 0.25) is 0 Å². The molecule has 1 rings (SSSR count). The van der Waals surface area contributed by atoms with Crippen molar-refractivity contribution in [3.05, 3.63) is 22.5 Å². The van der Waals surface area contributed by atoms with E-state index in [0.29, 0.717) is 9.82 Å². The highest BCUT2D eigenvalue weighted by Crippen LogP contribution is 2.22. The van der Waals surface area contributed by atoms with Crippen molar-refractivity contribution in [2.45, 2.75) is 25.6 Å². The van der Waals surface area contributed by atoms with Crippen LogP contribution in [0, 0.1) is 10.1 Å². The Morgan fingerprint density at radius 1 is 1.73 bits per heavy atom. The van der Waals surface area contributed by atoms with Crippen molar-refractivity contribution in [1.82, 2.24) is 5.06 Å². The molecule has 1 heterocycles. The Bertz CT molecular complexity index is 212. The van der Waals surface area contributed by atoms with E-state index < -0.39 is 11.8 Å². The molecule has 0 saturated carbocycles. The summed E-state index contributed by atoms with van der Waals surface area (Å²) in [7, 11) is 0. The third-order valence-electron chi connectivity index (χ3n) is 1.79. The van der Waals surface area contributed by atoms with Gasteiger partial charge in [0.1, 0.15) is 5.54 Å². The van der Waals surface area contributed by atoms with Crippen molar-refractivity contribution in [1.29, 1.82) is 0 Å². The summed E-state index contributed by atoms with van der Waals surface area (Å²) >= 11 is 0. The predicted molar refractivity (Wildman–Crippen MR) is 38.1 cm³/mol. The van der Waals surface area contributed by atoms with Gasteiger partial charge < -0.3 is 15.4 Å². The molecule has 1 atom stereocenters. The molecule has 0 fully saturated rings. The molecule has 0 aromatic rings. The minimum Gasteiger partial charge on any atom is -0.758 e. The molecule has 5 nitrogen and oxygen atoms in total. The number of aliphatic hydroxyl groups is 1. The monoisotopic (exact) mass is 158 g/mol. The highest BCUT2D eigenvalue weighted by molar-refractivity contribution is 4.95. The largest absolute Gasteiger partial charge is 0.758 e. The van der Waals surface area contributed by atoms with Crippen molar-refractivity contribution in [3.63, 3.8) is 0 Å². The van der Waals surface area contributed by atoms with E-state index in [2.05, 4.69) is 0 Å². The number of hydroxylamine groups is 2. The van der Waals surface area contributed by atoms with E-state index in [-0.39, 0.29) is 0 Å². The van der Waals surface area contributed by atoms with Crippen molar-refractivity contribution in [2.75, 3.05) is 0 Å². The van der Waals surface area contributed by atoms with Crippen molar-refractivity contribution in [3.8, 4) is 0 Å². The van der Waals surface area contributed by atoms with Crippen LogP contribution in [0.5, 0.6) is 0 Å². The SMILES string of the molecule is CC1(C)[C@H](O)[N+](=O)C=CN1[O-]. The third kappa shape index (κ3) is 1.12. The van der Waals surface area contributed by atoms with Crippen molar-refractivity contribution >= 4 is 0 Å².